The van der Waals surface area contributed by atoms with Crippen molar-refractivity contribution in [1.29, 1.82) is 0 Å². The SMILES string of the molecule is O=c1cc2n(-c3ccccc3)nc(-c3ccccc3)nc-2cc1NC(=Nc1ccc(I)cc1)c1ccccc1. The van der Waals surface area contributed by atoms with Gasteiger partial charge in [0.05, 0.1) is 28.5 Å². The van der Waals surface area contributed by atoms with E-state index in [9.17, 15) is 4.79 Å². The van der Waals surface area contributed by atoms with Gasteiger partial charge in [-0.3, -0.25) is 4.79 Å². The van der Waals surface area contributed by atoms with Gasteiger partial charge in [-0.1, -0.05) is 78.9 Å². The summed E-state index contributed by atoms with van der Waals surface area (Å²) in [4.78, 5) is 23.1. The summed E-state index contributed by atoms with van der Waals surface area (Å²) >= 11 is 2.27. The average Bonchev–Trinajstić information content (AvgIpc) is 2.99. The van der Waals surface area contributed by atoms with Gasteiger partial charge < -0.3 is 5.32 Å². The van der Waals surface area contributed by atoms with Gasteiger partial charge in [-0.15, -0.1) is 5.10 Å². The predicted octanol–water partition coefficient (Wildman–Crippen LogP) is 7.19. The summed E-state index contributed by atoms with van der Waals surface area (Å²) in [5.74, 6) is 1.13. The Hall–Kier alpha value is -4.63. The van der Waals surface area contributed by atoms with Gasteiger partial charge in [0.25, 0.3) is 0 Å². The van der Waals surface area contributed by atoms with E-state index >= 15 is 0 Å². The molecular weight excluding hydrogens is 597 g/mol. The van der Waals surface area contributed by atoms with E-state index in [2.05, 4.69) is 27.9 Å². The number of aromatic nitrogens is 3. The van der Waals surface area contributed by atoms with Crippen LogP contribution in [-0.2, 0) is 0 Å². The molecule has 1 aliphatic heterocycles. The normalized spacial score (nSPS) is 11.5. The molecule has 0 saturated carbocycles. The van der Waals surface area contributed by atoms with E-state index in [1.165, 1.54) is 0 Å². The number of para-hydroxylation sites is 1. The van der Waals surface area contributed by atoms with Crippen LogP contribution in [0, 0.1) is 3.57 Å². The summed E-state index contributed by atoms with van der Waals surface area (Å²) in [7, 11) is 0. The first-order chi connectivity index (χ1) is 19.1. The third-order valence-corrected chi connectivity index (χ3v) is 6.85. The van der Waals surface area contributed by atoms with E-state index in [0.29, 0.717) is 28.7 Å². The van der Waals surface area contributed by atoms with Crippen molar-refractivity contribution in [1.82, 2.24) is 14.8 Å². The van der Waals surface area contributed by atoms with Gasteiger partial charge in [0.2, 0.25) is 5.43 Å². The van der Waals surface area contributed by atoms with Crippen molar-refractivity contribution in [3.8, 4) is 28.5 Å². The quantitative estimate of drug-likeness (QED) is 0.126. The van der Waals surface area contributed by atoms with Crippen molar-refractivity contribution in [2.75, 3.05) is 5.32 Å². The number of nitrogens with zero attached hydrogens (tertiary/aromatic N) is 4. The van der Waals surface area contributed by atoms with E-state index in [1.54, 1.807) is 16.8 Å². The summed E-state index contributed by atoms with van der Waals surface area (Å²) in [6.45, 7) is 0. The van der Waals surface area contributed by atoms with Crippen molar-refractivity contribution in [2.45, 2.75) is 0 Å². The van der Waals surface area contributed by atoms with Crippen molar-refractivity contribution in [2.24, 2.45) is 4.99 Å². The van der Waals surface area contributed by atoms with Gasteiger partial charge in [-0.25, -0.2) is 14.7 Å². The maximum Gasteiger partial charge on any atom is 0.204 e. The highest BCUT2D eigenvalue weighted by molar-refractivity contribution is 14.1. The monoisotopic (exact) mass is 619 g/mol. The molecule has 0 amide bonds. The molecule has 2 aliphatic rings. The minimum atomic E-state index is -0.186. The number of anilines is 1. The van der Waals surface area contributed by atoms with E-state index in [1.807, 2.05) is 115 Å². The van der Waals surface area contributed by atoms with Crippen molar-refractivity contribution in [3.05, 3.63) is 147 Å². The molecule has 1 heterocycles. The number of amidine groups is 1. The topological polar surface area (TPSA) is 72.2 Å². The highest BCUT2D eigenvalue weighted by atomic mass is 127. The average molecular weight is 619 g/mol. The van der Waals surface area contributed by atoms with Crippen LogP contribution in [0.4, 0.5) is 11.4 Å². The Labute approximate surface area is 239 Å². The number of rotatable bonds is 5. The molecule has 0 radical (unpaired) electrons. The Morgan fingerprint density at radius 2 is 1.41 bits per heavy atom. The van der Waals surface area contributed by atoms with Crippen LogP contribution < -0.4 is 10.7 Å². The highest BCUT2D eigenvalue weighted by Gasteiger charge is 2.18. The van der Waals surface area contributed by atoms with Crippen molar-refractivity contribution < 1.29 is 0 Å². The van der Waals surface area contributed by atoms with Crippen molar-refractivity contribution in [3.63, 3.8) is 0 Å². The molecule has 0 bridgehead atoms. The molecule has 1 aliphatic carbocycles. The van der Waals surface area contributed by atoms with Crippen LogP contribution in [0.2, 0.25) is 0 Å². The Kier molecular flexibility index (Phi) is 6.97. The molecule has 0 unspecified atom stereocenters. The first-order valence-corrected chi connectivity index (χ1v) is 13.4. The molecule has 0 fully saturated rings. The second kappa shape index (κ2) is 11.0. The number of halogens is 1. The lowest BCUT2D eigenvalue weighted by Gasteiger charge is -2.17. The van der Waals surface area contributed by atoms with Gasteiger partial charge >= 0.3 is 0 Å². The van der Waals surface area contributed by atoms with E-state index < -0.39 is 0 Å². The minimum absolute atomic E-state index is 0.186. The highest BCUT2D eigenvalue weighted by Crippen LogP contribution is 2.27. The Balaban J connectivity index is 1.51. The number of benzene rings is 5. The third kappa shape index (κ3) is 5.49. The van der Waals surface area contributed by atoms with Gasteiger partial charge in [0, 0.05) is 20.8 Å². The zero-order valence-corrected chi connectivity index (χ0v) is 22.9. The fraction of sp³-hybridized carbons (Fsp3) is 0. The van der Waals surface area contributed by atoms with Crippen LogP contribution in [0.15, 0.2) is 137 Å². The molecule has 4 aromatic rings. The summed E-state index contributed by atoms with van der Waals surface area (Å²) in [5.41, 5.74) is 4.82. The molecule has 7 heteroatoms. The van der Waals surface area contributed by atoms with E-state index in [4.69, 9.17) is 15.1 Å². The van der Waals surface area contributed by atoms with Crippen LogP contribution in [0.5, 0.6) is 0 Å². The lowest BCUT2D eigenvalue weighted by Crippen LogP contribution is -2.21. The predicted molar refractivity (Wildman–Crippen MR) is 165 cm³/mol. The third-order valence-electron chi connectivity index (χ3n) is 6.13. The lowest BCUT2D eigenvalue weighted by atomic mass is 10.1. The molecular formula is C32H22IN5O. The Morgan fingerprint density at radius 3 is 2.10 bits per heavy atom. The number of aliphatic imine (C=N–C) groups is 1. The second-order valence-corrected chi connectivity index (χ2v) is 10.1. The van der Waals surface area contributed by atoms with Crippen LogP contribution in [0.1, 0.15) is 5.56 Å². The minimum Gasteiger partial charge on any atom is -0.336 e. The maximum absolute atomic E-state index is 13.4. The first-order valence-electron chi connectivity index (χ1n) is 12.4. The number of nitrogens with one attached hydrogen (secondary N) is 1. The molecule has 0 aromatic heterocycles. The number of hydrogen-bond acceptors (Lipinski definition) is 4. The van der Waals surface area contributed by atoms with Gasteiger partial charge in [0.15, 0.2) is 5.82 Å². The lowest BCUT2D eigenvalue weighted by molar-refractivity contribution is 0.828. The molecule has 188 valence electrons. The fourth-order valence-electron chi connectivity index (χ4n) is 4.21. The van der Waals surface area contributed by atoms with E-state index in [-0.39, 0.29) is 5.43 Å². The summed E-state index contributed by atoms with van der Waals surface area (Å²) < 4.78 is 2.89. The van der Waals surface area contributed by atoms with E-state index in [0.717, 1.165) is 26.1 Å². The standard InChI is InChI=1S/C32H22IN5O/c33-24-16-18-25(19-17-24)34-31(22-10-4-1-5-11-22)36-28-20-27-29(21-30(28)39)38(26-14-8-3-9-15-26)37-32(35-27)23-12-6-2-7-13-23/h1-21H,(H,34,36). The zero-order valence-electron chi connectivity index (χ0n) is 20.7. The second-order valence-electron chi connectivity index (χ2n) is 8.81. The zero-order chi connectivity index (χ0) is 26.6. The van der Waals surface area contributed by atoms with Crippen LogP contribution in [0.25, 0.3) is 28.5 Å². The van der Waals surface area contributed by atoms with Crippen LogP contribution in [-0.4, -0.2) is 20.6 Å². The summed E-state index contributed by atoms with van der Waals surface area (Å²) in [5, 5.41) is 8.11. The van der Waals surface area contributed by atoms with Gasteiger partial charge in [0.1, 0.15) is 5.84 Å². The Bertz CT molecular complexity index is 1790. The van der Waals surface area contributed by atoms with Gasteiger partial charge in [-0.05, 0) is 65.1 Å². The van der Waals surface area contributed by atoms with Crippen LogP contribution >= 0.6 is 22.6 Å². The van der Waals surface area contributed by atoms with Crippen LogP contribution in [0.3, 0.4) is 0 Å². The first kappa shape index (κ1) is 24.7. The number of hydrogen-bond donors (Lipinski definition) is 1. The number of fused-ring (bicyclic) bond motifs is 1. The maximum atomic E-state index is 13.4. The molecule has 39 heavy (non-hydrogen) atoms. The van der Waals surface area contributed by atoms with Gasteiger partial charge in [-0.2, -0.15) is 0 Å². The molecule has 4 aromatic carbocycles. The largest absolute Gasteiger partial charge is 0.336 e. The molecule has 6 nitrogen and oxygen atoms in total. The summed E-state index contributed by atoms with van der Waals surface area (Å²) in [6.07, 6.45) is 0. The molecule has 1 N–H and O–H groups in total. The Morgan fingerprint density at radius 1 is 0.769 bits per heavy atom. The smallest absolute Gasteiger partial charge is 0.204 e. The molecule has 0 saturated heterocycles. The van der Waals surface area contributed by atoms with Crippen molar-refractivity contribution >= 4 is 39.8 Å². The fourth-order valence-corrected chi connectivity index (χ4v) is 4.57. The molecule has 0 atom stereocenters. The molecule has 0 spiro atoms. The molecule has 6 rings (SSSR count). The summed E-state index contributed by atoms with van der Waals surface area (Å²) in [6, 6.07) is 40.6.